The van der Waals surface area contributed by atoms with Crippen molar-refractivity contribution < 1.29 is 4.74 Å². The third-order valence-electron chi connectivity index (χ3n) is 2.91. The quantitative estimate of drug-likeness (QED) is 0.823. The van der Waals surface area contributed by atoms with Gasteiger partial charge in [-0.05, 0) is 32.6 Å². The van der Waals surface area contributed by atoms with Gasteiger partial charge in [-0.25, -0.2) is 9.97 Å². The average molecular weight is 235 g/mol. The third kappa shape index (κ3) is 3.58. The Bertz CT molecular complexity index is 367. The smallest absolute Gasteiger partial charge is 0.218 e. The Kier molecular flexibility index (Phi) is 3.82. The molecule has 2 rings (SSSR count). The lowest BCUT2D eigenvalue weighted by Gasteiger charge is -2.10. The summed E-state index contributed by atoms with van der Waals surface area (Å²) >= 11 is 0. The summed E-state index contributed by atoms with van der Waals surface area (Å²) in [6, 6.07) is 2.47. The Morgan fingerprint density at radius 3 is 3.00 bits per heavy atom. The van der Waals surface area contributed by atoms with Crippen molar-refractivity contribution in [1.82, 2.24) is 9.97 Å². The molecule has 1 fully saturated rings. The van der Waals surface area contributed by atoms with Crippen molar-refractivity contribution >= 4 is 5.82 Å². The van der Waals surface area contributed by atoms with Crippen molar-refractivity contribution in [3.63, 3.8) is 0 Å². The highest BCUT2D eigenvalue weighted by Crippen LogP contribution is 2.37. The summed E-state index contributed by atoms with van der Waals surface area (Å²) in [4.78, 5) is 8.31. The molecule has 94 valence electrons. The van der Waals surface area contributed by atoms with Crippen LogP contribution in [0.4, 0.5) is 5.82 Å². The maximum atomic E-state index is 5.54. The molecule has 0 aliphatic heterocycles. The minimum absolute atomic E-state index is 0.145. The number of nitrogens with one attached hydrogen (secondary N) is 1. The topological polar surface area (TPSA) is 47.0 Å². The van der Waals surface area contributed by atoms with E-state index in [1.54, 1.807) is 6.33 Å². The maximum absolute atomic E-state index is 5.54. The van der Waals surface area contributed by atoms with Crippen LogP contribution < -0.4 is 10.1 Å². The van der Waals surface area contributed by atoms with Gasteiger partial charge >= 0.3 is 0 Å². The van der Waals surface area contributed by atoms with Crippen LogP contribution in [0.15, 0.2) is 12.4 Å². The van der Waals surface area contributed by atoms with E-state index < -0.39 is 0 Å². The predicted molar refractivity (Wildman–Crippen MR) is 68.2 cm³/mol. The van der Waals surface area contributed by atoms with Gasteiger partial charge in [0.05, 0.1) is 6.10 Å². The van der Waals surface area contributed by atoms with Gasteiger partial charge in [-0.1, -0.05) is 13.3 Å². The number of nitrogens with zero attached hydrogens (tertiary/aromatic N) is 2. The van der Waals surface area contributed by atoms with E-state index in [4.69, 9.17) is 4.74 Å². The summed E-state index contributed by atoms with van der Waals surface area (Å²) in [7, 11) is 0. The van der Waals surface area contributed by atoms with E-state index >= 15 is 0 Å². The number of ether oxygens (including phenoxy) is 1. The van der Waals surface area contributed by atoms with Gasteiger partial charge in [-0.15, -0.1) is 0 Å². The first kappa shape index (κ1) is 12.1. The fourth-order valence-electron chi connectivity index (χ4n) is 2.03. The van der Waals surface area contributed by atoms with E-state index in [1.165, 1.54) is 19.3 Å². The van der Waals surface area contributed by atoms with Crippen molar-refractivity contribution in [2.75, 3.05) is 5.32 Å². The summed E-state index contributed by atoms with van der Waals surface area (Å²) < 4.78 is 5.54. The van der Waals surface area contributed by atoms with Crippen molar-refractivity contribution in [2.45, 2.75) is 52.2 Å². The molecule has 2 atom stereocenters. The van der Waals surface area contributed by atoms with Gasteiger partial charge < -0.3 is 10.1 Å². The van der Waals surface area contributed by atoms with E-state index in [1.807, 2.05) is 19.9 Å². The monoisotopic (exact) mass is 235 g/mol. The Labute approximate surface area is 103 Å². The third-order valence-corrected chi connectivity index (χ3v) is 2.91. The summed E-state index contributed by atoms with van der Waals surface area (Å²) in [5, 5.41) is 3.43. The summed E-state index contributed by atoms with van der Waals surface area (Å²) in [6.07, 6.45) is 5.52. The fourth-order valence-corrected chi connectivity index (χ4v) is 2.03. The van der Waals surface area contributed by atoms with Crippen LogP contribution in [0.1, 0.15) is 40.0 Å². The minimum atomic E-state index is 0.145. The average Bonchev–Trinajstić information content (AvgIpc) is 2.96. The summed E-state index contributed by atoms with van der Waals surface area (Å²) in [5.74, 6) is 2.34. The second kappa shape index (κ2) is 5.34. The SMILES string of the molecule is CCCC1CC1Nc1cc(OC(C)C)ncn1. The predicted octanol–water partition coefficient (Wildman–Crippen LogP) is 2.86. The molecule has 0 bridgehead atoms. The van der Waals surface area contributed by atoms with Crippen LogP contribution in [0.5, 0.6) is 5.88 Å². The highest BCUT2D eigenvalue weighted by Gasteiger charge is 2.36. The molecule has 4 nitrogen and oxygen atoms in total. The second-order valence-corrected chi connectivity index (χ2v) is 4.94. The van der Waals surface area contributed by atoms with Crippen molar-refractivity contribution in [3.05, 3.63) is 12.4 Å². The van der Waals surface area contributed by atoms with Gasteiger partial charge in [-0.3, -0.25) is 0 Å². The zero-order valence-corrected chi connectivity index (χ0v) is 10.8. The maximum Gasteiger partial charge on any atom is 0.218 e. The van der Waals surface area contributed by atoms with Crippen molar-refractivity contribution in [1.29, 1.82) is 0 Å². The molecule has 0 amide bonds. The van der Waals surface area contributed by atoms with Crippen LogP contribution in [0.25, 0.3) is 0 Å². The molecular weight excluding hydrogens is 214 g/mol. The molecule has 0 saturated heterocycles. The molecule has 1 heterocycles. The fraction of sp³-hybridized carbons (Fsp3) is 0.692. The number of aromatic nitrogens is 2. The molecule has 1 N–H and O–H groups in total. The molecule has 1 aliphatic rings. The lowest BCUT2D eigenvalue weighted by atomic mass is 10.2. The van der Waals surface area contributed by atoms with Crippen LogP contribution in [0, 0.1) is 5.92 Å². The molecule has 1 aromatic rings. The first-order valence-electron chi connectivity index (χ1n) is 6.44. The largest absolute Gasteiger partial charge is 0.475 e. The zero-order valence-electron chi connectivity index (χ0n) is 10.8. The van der Waals surface area contributed by atoms with Crippen LogP contribution >= 0.6 is 0 Å². The number of anilines is 1. The van der Waals surface area contributed by atoms with E-state index in [-0.39, 0.29) is 6.10 Å². The molecule has 1 saturated carbocycles. The lowest BCUT2D eigenvalue weighted by molar-refractivity contribution is 0.232. The number of hydrogen-bond donors (Lipinski definition) is 1. The minimum Gasteiger partial charge on any atom is -0.475 e. The normalized spacial score (nSPS) is 22.6. The van der Waals surface area contributed by atoms with E-state index in [0.717, 1.165) is 11.7 Å². The first-order valence-corrected chi connectivity index (χ1v) is 6.44. The Morgan fingerprint density at radius 2 is 2.29 bits per heavy atom. The Hall–Kier alpha value is -1.32. The Morgan fingerprint density at radius 1 is 1.47 bits per heavy atom. The summed E-state index contributed by atoms with van der Waals surface area (Å²) in [6.45, 7) is 6.22. The van der Waals surface area contributed by atoms with Gasteiger partial charge in [-0.2, -0.15) is 0 Å². The molecule has 0 radical (unpaired) electrons. The molecule has 0 aromatic carbocycles. The number of rotatable bonds is 6. The van der Waals surface area contributed by atoms with Crippen LogP contribution in [0.3, 0.4) is 0 Å². The van der Waals surface area contributed by atoms with Crippen LogP contribution in [-0.4, -0.2) is 22.1 Å². The highest BCUT2D eigenvalue weighted by atomic mass is 16.5. The molecule has 1 aromatic heterocycles. The molecular formula is C13H21N3O. The summed E-state index contributed by atoms with van der Waals surface area (Å²) in [5.41, 5.74) is 0. The van der Waals surface area contributed by atoms with Gasteiger partial charge in [0.1, 0.15) is 12.1 Å². The molecule has 1 aliphatic carbocycles. The zero-order chi connectivity index (χ0) is 12.3. The van der Waals surface area contributed by atoms with Crippen molar-refractivity contribution in [3.8, 4) is 5.88 Å². The van der Waals surface area contributed by atoms with E-state index in [9.17, 15) is 0 Å². The second-order valence-electron chi connectivity index (χ2n) is 4.94. The van der Waals surface area contributed by atoms with Gasteiger partial charge in [0, 0.05) is 12.1 Å². The van der Waals surface area contributed by atoms with Crippen LogP contribution in [-0.2, 0) is 0 Å². The molecule has 0 spiro atoms. The van der Waals surface area contributed by atoms with E-state index in [2.05, 4.69) is 22.2 Å². The van der Waals surface area contributed by atoms with E-state index in [0.29, 0.717) is 11.9 Å². The lowest BCUT2D eigenvalue weighted by Crippen LogP contribution is -2.10. The molecule has 4 heteroatoms. The highest BCUT2D eigenvalue weighted by molar-refractivity contribution is 5.40. The molecule has 17 heavy (non-hydrogen) atoms. The first-order chi connectivity index (χ1) is 8.19. The van der Waals surface area contributed by atoms with Gasteiger partial charge in [0.25, 0.3) is 0 Å². The number of hydrogen-bond acceptors (Lipinski definition) is 4. The Balaban J connectivity index is 1.89. The van der Waals surface area contributed by atoms with Gasteiger partial charge in [0.2, 0.25) is 5.88 Å². The van der Waals surface area contributed by atoms with Gasteiger partial charge in [0.15, 0.2) is 0 Å². The standard InChI is InChI=1S/C13H21N3O/c1-4-5-10-6-11(10)16-12-7-13(15-8-14-12)17-9(2)3/h7-11H,4-6H2,1-3H3,(H,14,15,16). The molecule has 2 unspecified atom stereocenters. The van der Waals surface area contributed by atoms with Crippen LogP contribution in [0.2, 0.25) is 0 Å². The van der Waals surface area contributed by atoms with Crippen molar-refractivity contribution in [2.24, 2.45) is 5.92 Å².